The Morgan fingerprint density at radius 3 is 2.28 bits per heavy atom. The fourth-order valence-corrected chi connectivity index (χ4v) is 5.09. The first-order valence-corrected chi connectivity index (χ1v) is 12.9. The maximum absolute atomic E-state index is 12.7. The van der Waals surface area contributed by atoms with Crippen molar-refractivity contribution in [2.24, 2.45) is 5.92 Å². The van der Waals surface area contributed by atoms with Gasteiger partial charge in [-0.05, 0) is 73.5 Å². The standard InChI is InChI=1S/C28H26Cl2N4O2/c29-19-9-13-22(23(30)15-19)28(36)31-20-10-7-17(8-11-20)26-33-24-14-12-21(16-25(24)34-26)32-27(35)18-5-3-1-2-4-6-18/h7-16,18H,1-6H2,(H,31,36)(H,32,35)(H,33,34). The van der Waals surface area contributed by atoms with Crippen LogP contribution < -0.4 is 10.6 Å². The van der Waals surface area contributed by atoms with Crippen molar-refractivity contribution in [3.05, 3.63) is 76.3 Å². The van der Waals surface area contributed by atoms with Gasteiger partial charge in [-0.25, -0.2) is 4.98 Å². The molecule has 2 amide bonds. The van der Waals surface area contributed by atoms with E-state index in [1.807, 2.05) is 42.5 Å². The molecule has 184 valence electrons. The van der Waals surface area contributed by atoms with E-state index in [9.17, 15) is 9.59 Å². The molecule has 0 atom stereocenters. The molecule has 5 rings (SSSR count). The molecule has 0 radical (unpaired) electrons. The Balaban J connectivity index is 1.27. The van der Waals surface area contributed by atoms with Crippen LogP contribution in [0, 0.1) is 5.92 Å². The highest BCUT2D eigenvalue weighted by Crippen LogP contribution is 2.27. The second kappa shape index (κ2) is 10.7. The van der Waals surface area contributed by atoms with E-state index in [1.54, 1.807) is 12.1 Å². The lowest BCUT2D eigenvalue weighted by Crippen LogP contribution is -2.22. The van der Waals surface area contributed by atoms with Gasteiger partial charge < -0.3 is 15.6 Å². The lowest BCUT2D eigenvalue weighted by atomic mass is 9.99. The van der Waals surface area contributed by atoms with Crippen molar-refractivity contribution in [2.75, 3.05) is 10.6 Å². The van der Waals surface area contributed by atoms with Crippen LogP contribution in [0.4, 0.5) is 11.4 Å². The van der Waals surface area contributed by atoms with Gasteiger partial charge in [0.15, 0.2) is 0 Å². The predicted octanol–water partition coefficient (Wildman–Crippen LogP) is 7.70. The molecule has 6 nitrogen and oxygen atoms in total. The van der Waals surface area contributed by atoms with Gasteiger partial charge in [0.2, 0.25) is 5.91 Å². The number of nitrogens with zero attached hydrogens (tertiary/aromatic N) is 1. The monoisotopic (exact) mass is 520 g/mol. The van der Waals surface area contributed by atoms with E-state index < -0.39 is 0 Å². The Morgan fingerprint density at radius 2 is 1.56 bits per heavy atom. The minimum Gasteiger partial charge on any atom is -0.338 e. The van der Waals surface area contributed by atoms with Crippen LogP contribution in [-0.4, -0.2) is 21.8 Å². The molecule has 1 aliphatic rings. The number of H-pyrrole nitrogens is 1. The molecule has 1 saturated carbocycles. The largest absolute Gasteiger partial charge is 0.338 e. The van der Waals surface area contributed by atoms with E-state index in [1.165, 1.54) is 18.9 Å². The van der Waals surface area contributed by atoms with E-state index >= 15 is 0 Å². The van der Waals surface area contributed by atoms with Crippen LogP contribution in [0.3, 0.4) is 0 Å². The molecule has 3 aromatic carbocycles. The summed E-state index contributed by atoms with van der Waals surface area (Å²) in [4.78, 5) is 33.3. The van der Waals surface area contributed by atoms with Crippen molar-refractivity contribution in [1.29, 1.82) is 0 Å². The Kier molecular flexibility index (Phi) is 7.25. The smallest absolute Gasteiger partial charge is 0.257 e. The Hall–Kier alpha value is -3.35. The van der Waals surface area contributed by atoms with Crippen molar-refractivity contribution >= 4 is 57.4 Å². The van der Waals surface area contributed by atoms with Gasteiger partial charge in [0.25, 0.3) is 5.91 Å². The van der Waals surface area contributed by atoms with E-state index in [2.05, 4.69) is 20.6 Å². The summed E-state index contributed by atoms with van der Waals surface area (Å²) in [5, 5.41) is 6.69. The van der Waals surface area contributed by atoms with Gasteiger partial charge in [-0.2, -0.15) is 0 Å². The highest BCUT2D eigenvalue weighted by atomic mass is 35.5. The van der Waals surface area contributed by atoms with Crippen LogP contribution in [-0.2, 0) is 4.79 Å². The van der Waals surface area contributed by atoms with Crippen molar-refractivity contribution in [1.82, 2.24) is 9.97 Å². The first-order chi connectivity index (χ1) is 17.5. The van der Waals surface area contributed by atoms with Gasteiger partial charge in [-0.3, -0.25) is 9.59 Å². The second-order valence-electron chi connectivity index (χ2n) is 9.15. The van der Waals surface area contributed by atoms with Gasteiger partial charge in [0, 0.05) is 27.9 Å². The molecule has 0 saturated heterocycles. The fraction of sp³-hybridized carbons (Fsp3) is 0.250. The zero-order valence-electron chi connectivity index (χ0n) is 19.6. The van der Waals surface area contributed by atoms with E-state index in [4.69, 9.17) is 23.2 Å². The zero-order chi connectivity index (χ0) is 25.1. The lowest BCUT2D eigenvalue weighted by molar-refractivity contribution is -0.120. The Bertz CT molecular complexity index is 1410. The van der Waals surface area contributed by atoms with Crippen LogP contribution in [0.15, 0.2) is 60.7 Å². The number of carbonyl (C=O) groups is 2. The number of hydrogen-bond donors (Lipinski definition) is 3. The fourth-order valence-electron chi connectivity index (χ4n) is 4.59. The predicted molar refractivity (Wildman–Crippen MR) is 146 cm³/mol. The van der Waals surface area contributed by atoms with Crippen LogP contribution in [0.5, 0.6) is 0 Å². The molecule has 1 heterocycles. The first kappa shape index (κ1) is 24.3. The number of benzene rings is 3. The van der Waals surface area contributed by atoms with Crippen LogP contribution in [0.2, 0.25) is 10.0 Å². The summed E-state index contributed by atoms with van der Waals surface area (Å²) in [7, 11) is 0. The number of aromatic amines is 1. The van der Waals surface area contributed by atoms with Crippen LogP contribution >= 0.6 is 23.2 Å². The minimum atomic E-state index is -0.313. The molecule has 8 heteroatoms. The zero-order valence-corrected chi connectivity index (χ0v) is 21.1. The third kappa shape index (κ3) is 5.55. The van der Waals surface area contributed by atoms with Gasteiger partial charge >= 0.3 is 0 Å². The molecule has 1 fully saturated rings. The number of carbonyl (C=O) groups excluding carboxylic acids is 2. The third-order valence-corrected chi connectivity index (χ3v) is 7.12. The summed E-state index contributed by atoms with van der Waals surface area (Å²) in [6, 6.07) is 17.9. The molecule has 4 aromatic rings. The van der Waals surface area contributed by atoms with Gasteiger partial charge in [0.05, 0.1) is 21.6 Å². The van der Waals surface area contributed by atoms with Gasteiger partial charge in [-0.15, -0.1) is 0 Å². The summed E-state index contributed by atoms with van der Waals surface area (Å²) >= 11 is 12.1. The number of halogens is 2. The SMILES string of the molecule is O=C(Nc1ccc(-c2nc3ccc(NC(=O)C4CCCCCC4)cc3[nH]2)cc1)c1ccc(Cl)cc1Cl. The molecule has 1 aliphatic carbocycles. The highest BCUT2D eigenvalue weighted by Gasteiger charge is 2.20. The molecule has 0 aliphatic heterocycles. The maximum atomic E-state index is 12.7. The average molecular weight is 521 g/mol. The third-order valence-electron chi connectivity index (χ3n) is 6.57. The van der Waals surface area contributed by atoms with Crippen LogP contribution in [0.1, 0.15) is 48.9 Å². The molecule has 0 bridgehead atoms. The normalized spacial score (nSPS) is 14.4. The summed E-state index contributed by atoms with van der Waals surface area (Å²) in [5.74, 6) is 0.589. The summed E-state index contributed by atoms with van der Waals surface area (Å²) in [5.41, 5.74) is 4.29. The van der Waals surface area contributed by atoms with Crippen molar-refractivity contribution in [3.63, 3.8) is 0 Å². The second-order valence-corrected chi connectivity index (χ2v) is 9.99. The van der Waals surface area contributed by atoms with Crippen molar-refractivity contribution < 1.29 is 9.59 Å². The minimum absolute atomic E-state index is 0.0928. The number of aromatic nitrogens is 2. The highest BCUT2D eigenvalue weighted by molar-refractivity contribution is 6.37. The van der Waals surface area contributed by atoms with E-state index in [-0.39, 0.29) is 17.7 Å². The van der Waals surface area contributed by atoms with Gasteiger partial charge in [-0.1, -0.05) is 48.9 Å². The number of nitrogens with one attached hydrogen (secondary N) is 3. The Labute approximate surface area is 219 Å². The van der Waals surface area contributed by atoms with Crippen molar-refractivity contribution in [2.45, 2.75) is 38.5 Å². The topological polar surface area (TPSA) is 86.9 Å². The number of hydrogen-bond acceptors (Lipinski definition) is 3. The molecule has 3 N–H and O–H groups in total. The number of amides is 2. The number of rotatable bonds is 5. The van der Waals surface area contributed by atoms with Crippen molar-refractivity contribution in [3.8, 4) is 11.4 Å². The molecule has 36 heavy (non-hydrogen) atoms. The maximum Gasteiger partial charge on any atom is 0.257 e. The number of imidazole rings is 1. The molecule has 1 aromatic heterocycles. The summed E-state index contributed by atoms with van der Waals surface area (Å²) in [6.45, 7) is 0. The number of anilines is 2. The van der Waals surface area contributed by atoms with E-state index in [0.717, 1.165) is 48.0 Å². The molecular formula is C28H26Cl2N4O2. The molecular weight excluding hydrogens is 495 g/mol. The average Bonchev–Trinajstić information content (AvgIpc) is 3.08. The molecule has 0 spiro atoms. The quantitative estimate of drug-likeness (QED) is 0.235. The first-order valence-electron chi connectivity index (χ1n) is 12.1. The lowest BCUT2D eigenvalue weighted by Gasteiger charge is -2.14. The van der Waals surface area contributed by atoms with Gasteiger partial charge in [0.1, 0.15) is 5.82 Å². The molecule has 0 unspecified atom stereocenters. The Morgan fingerprint density at radius 1 is 0.833 bits per heavy atom. The number of fused-ring (bicyclic) bond motifs is 1. The summed E-state index contributed by atoms with van der Waals surface area (Å²) in [6.07, 6.45) is 6.61. The van der Waals surface area contributed by atoms with Crippen LogP contribution in [0.25, 0.3) is 22.4 Å². The van der Waals surface area contributed by atoms with E-state index in [0.29, 0.717) is 27.1 Å². The summed E-state index contributed by atoms with van der Waals surface area (Å²) < 4.78 is 0.